The first-order chi connectivity index (χ1) is 14.7. The first-order valence-corrected chi connectivity index (χ1v) is 10.4. The smallest absolute Gasteiger partial charge is 0.191 e. The fourth-order valence-electron chi connectivity index (χ4n) is 3.28. The third-order valence-corrected chi connectivity index (χ3v) is 4.98. The number of halogens is 1. The summed E-state index contributed by atoms with van der Waals surface area (Å²) < 4.78 is 24.0. The van der Waals surface area contributed by atoms with Gasteiger partial charge >= 0.3 is 0 Å². The van der Waals surface area contributed by atoms with Crippen molar-refractivity contribution in [1.29, 1.82) is 0 Å². The van der Waals surface area contributed by atoms with E-state index in [1.807, 2.05) is 0 Å². The lowest BCUT2D eigenvalue weighted by Gasteiger charge is -2.27. The number of benzene rings is 2. The number of nitrogens with zero attached hydrogens (tertiary/aromatic N) is 2. The summed E-state index contributed by atoms with van der Waals surface area (Å²) in [4.78, 5) is 6.73. The minimum atomic E-state index is -0.259. The highest BCUT2D eigenvalue weighted by atomic mass is 19.1. The van der Waals surface area contributed by atoms with Crippen LogP contribution in [0.25, 0.3) is 0 Å². The van der Waals surface area contributed by atoms with E-state index in [4.69, 9.17) is 9.47 Å². The van der Waals surface area contributed by atoms with Crippen LogP contribution in [-0.4, -0.2) is 57.4 Å². The molecule has 6 nitrogen and oxygen atoms in total. The van der Waals surface area contributed by atoms with E-state index in [2.05, 4.69) is 44.8 Å². The van der Waals surface area contributed by atoms with Crippen LogP contribution in [-0.2, 0) is 17.8 Å². The second-order valence-corrected chi connectivity index (χ2v) is 7.17. The highest BCUT2D eigenvalue weighted by molar-refractivity contribution is 5.79. The SMILES string of the molecule is CN=C(NCCCOc1ccc(F)cc1)NCc1ccccc1CN1CCOCC1. The average Bonchev–Trinajstić information content (AvgIpc) is 2.78. The van der Waals surface area contributed by atoms with Crippen LogP contribution in [0.1, 0.15) is 17.5 Å². The maximum Gasteiger partial charge on any atom is 0.191 e. The maximum absolute atomic E-state index is 12.9. The lowest BCUT2D eigenvalue weighted by atomic mass is 10.1. The molecule has 1 fully saturated rings. The molecule has 0 aliphatic carbocycles. The predicted octanol–water partition coefficient (Wildman–Crippen LogP) is 2.79. The van der Waals surface area contributed by atoms with Gasteiger partial charge in [0, 0.05) is 39.8 Å². The van der Waals surface area contributed by atoms with Crippen molar-refractivity contribution < 1.29 is 13.9 Å². The molecule has 2 aromatic carbocycles. The molecule has 0 unspecified atom stereocenters. The summed E-state index contributed by atoms with van der Waals surface area (Å²) in [7, 11) is 1.77. The lowest BCUT2D eigenvalue weighted by molar-refractivity contribution is 0.0341. The zero-order valence-electron chi connectivity index (χ0n) is 17.6. The van der Waals surface area contributed by atoms with Crippen LogP contribution < -0.4 is 15.4 Å². The van der Waals surface area contributed by atoms with Crippen LogP contribution >= 0.6 is 0 Å². The molecular weight excluding hydrogens is 383 g/mol. The highest BCUT2D eigenvalue weighted by Gasteiger charge is 2.12. The van der Waals surface area contributed by atoms with Gasteiger partial charge in [0.2, 0.25) is 0 Å². The molecule has 0 aromatic heterocycles. The maximum atomic E-state index is 12.9. The summed E-state index contributed by atoms with van der Waals surface area (Å²) in [6.07, 6.45) is 0.811. The third kappa shape index (κ3) is 7.31. The fraction of sp³-hybridized carbons (Fsp3) is 0.435. The average molecular weight is 415 g/mol. The molecule has 0 amide bonds. The summed E-state index contributed by atoms with van der Waals surface area (Å²) in [6, 6.07) is 14.6. The number of hydrogen-bond acceptors (Lipinski definition) is 4. The number of morpholine rings is 1. The summed E-state index contributed by atoms with van der Waals surface area (Å²) in [6.45, 7) is 6.51. The Morgan fingerprint density at radius 2 is 1.80 bits per heavy atom. The van der Waals surface area contributed by atoms with E-state index in [1.165, 1.54) is 23.3 Å². The topological polar surface area (TPSA) is 58.1 Å². The third-order valence-electron chi connectivity index (χ3n) is 4.98. The summed E-state index contributed by atoms with van der Waals surface area (Å²) in [5.41, 5.74) is 2.60. The van der Waals surface area contributed by atoms with Gasteiger partial charge in [0.25, 0.3) is 0 Å². The summed E-state index contributed by atoms with van der Waals surface area (Å²) >= 11 is 0. The molecule has 0 spiro atoms. The van der Waals surface area contributed by atoms with Crippen LogP contribution in [0.4, 0.5) is 4.39 Å². The Labute approximate surface area is 178 Å². The van der Waals surface area contributed by atoms with Gasteiger partial charge in [-0.25, -0.2) is 4.39 Å². The largest absolute Gasteiger partial charge is 0.494 e. The molecule has 2 N–H and O–H groups in total. The number of guanidine groups is 1. The molecule has 0 bridgehead atoms. The standard InChI is InChI=1S/C23H31FN4O2/c1-25-23(26-11-4-14-30-22-9-7-21(24)8-10-22)27-17-19-5-2-3-6-20(19)18-28-12-15-29-16-13-28/h2-3,5-10H,4,11-18H2,1H3,(H2,25,26,27). The molecule has 30 heavy (non-hydrogen) atoms. The van der Waals surface area contributed by atoms with Crippen molar-refractivity contribution >= 4 is 5.96 Å². The minimum absolute atomic E-state index is 0.259. The van der Waals surface area contributed by atoms with Crippen molar-refractivity contribution in [1.82, 2.24) is 15.5 Å². The monoisotopic (exact) mass is 414 g/mol. The van der Waals surface area contributed by atoms with Crippen LogP contribution in [0, 0.1) is 5.82 Å². The van der Waals surface area contributed by atoms with E-state index >= 15 is 0 Å². The Morgan fingerprint density at radius 1 is 1.07 bits per heavy atom. The van der Waals surface area contributed by atoms with E-state index in [9.17, 15) is 4.39 Å². The van der Waals surface area contributed by atoms with Gasteiger partial charge in [-0.3, -0.25) is 9.89 Å². The van der Waals surface area contributed by atoms with Crippen molar-refractivity contribution in [3.63, 3.8) is 0 Å². The number of hydrogen-bond donors (Lipinski definition) is 2. The number of aliphatic imine (C=N–C) groups is 1. The van der Waals surface area contributed by atoms with Gasteiger partial charge in [0.15, 0.2) is 5.96 Å². The Hall–Kier alpha value is -2.64. The molecular formula is C23H31FN4O2. The van der Waals surface area contributed by atoms with Gasteiger partial charge in [-0.2, -0.15) is 0 Å². The molecule has 1 aliphatic heterocycles. The predicted molar refractivity (Wildman–Crippen MR) is 117 cm³/mol. The van der Waals surface area contributed by atoms with Crippen molar-refractivity contribution in [3.8, 4) is 5.75 Å². The highest BCUT2D eigenvalue weighted by Crippen LogP contribution is 2.13. The van der Waals surface area contributed by atoms with Gasteiger partial charge in [-0.05, 0) is 41.8 Å². The van der Waals surface area contributed by atoms with Gasteiger partial charge in [0.1, 0.15) is 11.6 Å². The molecule has 0 radical (unpaired) electrons. The van der Waals surface area contributed by atoms with Crippen molar-refractivity contribution in [2.75, 3.05) is 46.5 Å². The van der Waals surface area contributed by atoms with E-state index in [1.54, 1.807) is 19.2 Å². The minimum Gasteiger partial charge on any atom is -0.494 e. The molecule has 7 heteroatoms. The second kappa shape index (κ2) is 12.1. The Morgan fingerprint density at radius 3 is 2.53 bits per heavy atom. The van der Waals surface area contributed by atoms with Crippen LogP contribution in [0.2, 0.25) is 0 Å². The van der Waals surface area contributed by atoms with E-state index in [-0.39, 0.29) is 5.82 Å². The van der Waals surface area contributed by atoms with E-state index < -0.39 is 0 Å². The molecule has 1 saturated heterocycles. The van der Waals surface area contributed by atoms with E-state index in [0.29, 0.717) is 18.9 Å². The number of ether oxygens (including phenoxy) is 2. The van der Waals surface area contributed by atoms with Gasteiger partial charge in [-0.15, -0.1) is 0 Å². The lowest BCUT2D eigenvalue weighted by Crippen LogP contribution is -2.38. The molecule has 1 aliphatic rings. The van der Waals surface area contributed by atoms with Gasteiger partial charge < -0.3 is 20.1 Å². The van der Waals surface area contributed by atoms with Crippen molar-refractivity contribution in [3.05, 3.63) is 65.5 Å². The number of rotatable bonds is 9. The Balaban J connectivity index is 1.39. The van der Waals surface area contributed by atoms with Crippen LogP contribution in [0.5, 0.6) is 5.75 Å². The quantitative estimate of drug-likeness (QED) is 0.375. The molecule has 0 atom stereocenters. The normalized spacial score (nSPS) is 15.1. The zero-order valence-corrected chi connectivity index (χ0v) is 17.6. The number of nitrogens with one attached hydrogen (secondary N) is 2. The first kappa shape index (κ1) is 22.1. The molecule has 0 saturated carbocycles. The summed E-state index contributed by atoms with van der Waals surface area (Å²) in [5, 5.41) is 6.70. The van der Waals surface area contributed by atoms with Crippen LogP contribution in [0.15, 0.2) is 53.5 Å². The summed E-state index contributed by atoms with van der Waals surface area (Å²) in [5.74, 6) is 1.18. The van der Waals surface area contributed by atoms with Crippen LogP contribution in [0.3, 0.4) is 0 Å². The molecule has 1 heterocycles. The molecule has 2 aromatic rings. The van der Waals surface area contributed by atoms with Crippen molar-refractivity contribution in [2.45, 2.75) is 19.5 Å². The Bertz CT molecular complexity index is 792. The molecule has 162 valence electrons. The molecule has 3 rings (SSSR count). The van der Waals surface area contributed by atoms with Gasteiger partial charge in [-0.1, -0.05) is 24.3 Å². The Kier molecular flexibility index (Phi) is 8.93. The zero-order chi connectivity index (χ0) is 21.0. The first-order valence-electron chi connectivity index (χ1n) is 10.4. The van der Waals surface area contributed by atoms with Crippen molar-refractivity contribution in [2.24, 2.45) is 4.99 Å². The second-order valence-electron chi connectivity index (χ2n) is 7.17. The van der Waals surface area contributed by atoms with E-state index in [0.717, 1.165) is 51.8 Å². The fourth-order valence-corrected chi connectivity index (χ4v) is 3.28. The van der Waals surface area contributed by atoms with Gasteiger partial charge in [0.05, 0.1) is 19.8 Å².